The molecule has 0 aliphatic carbocycles. The van der Waals surface area contributed by atoms with Crippen LogP contribution in [0.3, 0.4) is 0 Å². The van der Waals surface area contributed by atoms with Crippen LogP contribution in [0.25, 0.3) is 0 Å². The summed E-state index contributed by atoms with van der Waals surface area (Å²) in [5, 5.41) is 0. The van der Waals surface area contributed by atoms with Crippen LogP contribution in [0.2, 0.25) is 0 Å². The first-order valence-corrected chi connectivity index (χ1v) is 4.49. The average Bonchev–Trinajstić information content (AvgIpc) is 2.05. The molecule has 0 amide bonds. The van der Waals surface area contributed by atoms with Gasteiger partial charge in [-0.2, -0.15) is 0 Å². The second kappa shape index (κ2) is 5.76. The number of allylic oxidation sites excluding steroid dienone is 3. The number of nitrogens with zero attached hydrogens (tertiary/aromatic N) is 1. The third-order valence-corrected chi connectivity index (χ3v) is 1.84. The van der Waals surface area contributed by atoms with Crippen molar-refractivity contribution in [2.75, 3.05) is 0 Å². The van der Waals surface area contributed by atoms with Crippen molar-refractivity contribution in [2.24, 2.45) is 10.9 Å². The van der Waals surface area contributed by atoms with Crippen molar-refractivity contribution < 1.29 is 0 Å². The van der Waals surface area contributed by atoms with E-state index in [0.717, 1.165) is 12.1 Å². The Morgan fingerprint density at radius 2 is 2.08 bits per heavy atom. The van der Waals surface area contributed by atoms with Gasteiger partial charge in [-0.3, -0.25) is 4.99 Å². The molecule has 0 aromatic rings. The monoisotopic (exact) mass is 165 g/mol. The largest absolute Gasteiger partial charge is 0.261 e. The Kier molecular flexibility index (Phi) is 5.35. The minimum absolute atomic E-state index is 0.441. The lowest BCUT2D eigenvalue weighted by Gasteiger charge is -2.02. The third-order valence-electron chi connectivity index (χ3n) is 1.84. The molecule has 0 aromatic carbocycles. The minimum atomic E-state index is 0.441. The molecule has 0 aliphatic heterocycles. The summed E-state index contributed by atoms with van der Waals surface area (Å²) in [6.07, 6.45) is 5.02. The lowest BCUT2D eigenvalue weighted by molar-refractivity contribution is 0.763. The molecule has 0 rings (SSSR count). The highest BCUT2D eigenvalue weighted by Gasteiger charge is 1.95. The van der Waals surface area contributed by atoms with Crippen molar-refractivity contribution in [1.82, 2.24) is 0 Å². The van der Waals surface area contributed by atoms with E-state index in [9.17, 15) is 0 Å². The van der Waals surface area contributed by atoms with E-state index in [1.165, 1.54) is 5.57 Å². The molecule has 12 heavy (non-hydrogen) atoms. The highest BCUT2D eigenvalue weighted by atomic mass is 14.7. The Morgan fingerprint density at radius 3 is 2.42 bits per heavy atom. The number of rotatable bonds is 4. The Bertz CT molecular complexity index is 197. The van der Waals surface area contributed by atoms with E-state index >= 15 is 0 Å². The molecule has 0 bridgehead atoms. The van der Waals surface area contributed by atoms with Crippen LogP contribution in [0.4, 0.5) is 0 Å². The first-order chi connectivity index (χ1) is 5.61. The van der Waals surface area contributed by atoms with Crippen LogP contribution in [0, 0.1) is 5.92 Å². The molecule has 0 fully saturated rings. The van der Waals surface area contributed by atoms with Crippen molar-refractivity contribution in [3.05, 3.63) is 23.9 Å². The number of hydrogen-bond donors (Lipinski definition) is 0. The van der Waals surface area contributed by atoms with E-state index in [4.69, 9.17) is 0 Å². The quantitative estimate of drug-likeness (QED) is 0.564. The molecule has 0 radical (unpaired) electrons. The molecule has 0 N–H and O–H groups in total. The Morgan fingerprint density at radius 1 is 1.50 bits per heavy atom. The predicted octanol–water partition coefficient (Wildman–Crippen LogP) is 3.58. The summed E-state index contributed by atoms with van der Waals surface area (Å²) in [5.74, 6) is 0.441. The molecule has 0 unspecified atom stereocenters. The van der Waals surface area contributed by atoms with Gasteiger partial charge in [-0.25, -0.2) is 0 Å². The number of hydrogen-bond acceptors (Lipinski definition) is 1. The van der Waals surface area contributed by atoms with Gasteiger partial charge in [0, 0.05) is 11.9 Å². The Hall–Kier alpha value is -0.850. The first-order valence-electron chi connectivity index (χ1n) is 4.49. The zero-order chi connectivity index (χ0) is 9.56. The van der Waals surface area contributed by atoms with Crippen LogP contribution in [0.5, 0.6) is 0 Å². The van der Waals surface area contributed by atoms with Gasteiger partial charge in [0.25, 0.3) is 0 Å². The van der Waals surface area contributed by atoms with E-state index in [-0.39, 0.29) is 0 Å². The molecule has 0 heterocycles. The van der Waals surface area contributed by atoms with Crippen molar-refractivity contribution in [1.29, 1.82) is 0 Å². The Labute approximate surface area is 75.9 Å². The molecule has 68 valence electrons. The fourth-order valence-corrected chi connectivity index (χ4v) is 0.685. The van der Waals surface area contributed by atoms with E-state index in [1.54, 1.807) is 0 Å². The van der Waals surface area contributed by atoms with E-state index in [0.29, 0.717) is 5.92 Å². The molecule has 1 nitrogen and oxygen atoms in total. The zero-order valence-electron chi connectivity index (χ0n) is 8.59. The van der Waals surface area contributed by atoms with Crippen molar-refractivity contribution in [2.45, 2.75) is 34.1 Å². The van der Waals surface area contributed by atoms with Crippen LogP contribution >= 0.6 is 0 Å². The molecule has 0 spiro atoms. The molecule has 0 saturated carbocycles. The van der Waals surface area contributed by atoms with E-state index in [2.05, 4.69) is 38.4 Å². The standard InChI is InChI=1S/C11H19N/c1-6-11(7-2)8-12-10(5)9(3)4/h6,8-9H,5,7H2,1-4H3/b11-6-,12-8?. The smallest absolute Gasteiger partial charge is 0.0357 e. The molecular weight excluding hydrogens is 146 g/mol. The van der Waals surface area contributed by atoms with Crippen LogP contribution in [-0.2, 0) is 0 Å². The van der Waals surface area contributed by atoms with Crippen LogP contribution < -0.4 is 0 Å². The first kappa shape index (κ1) is 11.2. The predicted molar refractivity (Wildman–Crippen MR) is 56.5 cm³/mol. The van der Waals surface area contributed by atoms with Crippen molar-refractivity contribution in [3.63, 3.8) is 0 Å². The van der Waals surface area contributed by atoms with Crippen LogP contribution in [0.1, 0.15) is 34.1 Å². The number of aliphatic imine (C=N–C) groups is 1. The second-order valence-corrected chi connectivity index (χ2v) is 3.12. The van der Waals surface area contributed by atoms with Crippen molar-refractivity contribution in [3.8, 4) is 0 Å². The van der Waals surface area contributed by atoms with E-state index < -0.39 is 0 Å². The van der Waals surface area contributed by atoms with Gasteiger partial charge in [0.1, 0.15) is 0 Å². The summed E-state index contributed by atoms with van der Waals surface area (Å²) >= 11 is 0. The fraction of sp³-hybridized carbons (Fsp3) is 0.545. The molecule has 0 saturated heterocycles. The maximum Gasteiger partial charge on any atom is 0.0357 e. The fourth-order valence-electron chi connectivity index (χ4n) is 0.685. The second-order valence-electron chi connectivity index (χ2n) is 3.12. The topological polar surface area (TPSA) is 12.4 Å². The maximum absolute atomic E-state index is 4.28. The summed E-state index contributed by atoms with van der Waals surface area (Å²) < 4.78 is 0. The third kappa shape index (κ3) is 4.12. The lowest BCUT2D eigenvalue weighted by atomic mass is 10.1. The van der Waals surface area contributed by atoms with Gasteiger partial charge in [-0.15, -0.1) is 0 Å². The minimum Gasteiger partial charge on any atom is -0.261 e. The van der Waals surface area contributed by atoms with Gasteiger partial charge in [0.05, 0.1) is 0 Å². The summed E-state index contributed by atoms with van der Waals surface area (Å²) in [4.78, 5) is 4.28. The molecule has 0 aromatic heterocycles. The molecule has 0 atom stereocenters. The summed E-state index contributed by atoms with van der Waals surface area (Å²) in [7, 11) is 0. The summed E-state index contributed by atoms with van der Waals surface area (Å²) in [5.41, 5.74) is 2.21. The van der Waals surface area contributed by atoms with Gasteiger partial charge < -0.3 is 0 Å². The van der Waals surface area contributed by atoms with E-state index in [1.807, 2.05) is 13.1 Å². The van der Waals surface area contributed by atoms with Gasteiger partial charge in [-0.05, 0) is 24.8 Å². The Balaban J connectivity index is 4.15. The van der Waals surface area contributed by atoms with Gasteiger partial charge in [-0.1, -0.05) is 33.4 Å². The lowest BCUT2D eigenvalue weighted by Crippen LogP contribution is -1.90. The van der Waals surface area contributed by atoms with Crippen molar-refractivity contribution >= 4 is 6.21 Å². The van der Waals surface area contributed by atoms with Gasteiger partial charge >= 0.3 is 0 Å². The molecular formula is C11H19N. The van der Waals surface area contributed by atoms with Crippen LogP contribution in [-0.4, -0.2) is 6.21 Å². The van der Waals surface area contributed by atoms with Crippen LogP contribution in [0.15, 0.2) is 28.9 Å². The highest BCUT2D eigenvalue weighted by Crippen LogP contribution is 2.08. The highest BCUT2D eigenvalue weighted by molar-refractivity contribution is 5.79. The van der Waals surface area contributed by atoms with Gasteiger partial charge in [0.15, 0.2) is 0 Å². The summed E-state index contributed by atoms with van der Waals surface area (Å²) in [6.45, 7) is 12.2. The average molecular weight is 165 g/mol. The SMILES string of the molecule is C=C(N=C/C(=C\C)CC)C(C)C. The molecule has 1 heteroatoms. The van der Waals surface area contributed by atoms with Gasteiger partial charge in [0.2, 0.25) is 0 Å². The maximum atomic E-state index is 4.28. The summed E-state index contributed by atoms with van der Waals surface area (Å²) in [6, 6.07) is 0. The zero-order valence-corrected chi connectivity index (χ0v) is 8.59. The molecule has 0 aliphatic rings. The normalized spacial score (nSPS) is 12.9.